The number of carbonyl (C=O) groups excluding carboxylic acids is 1. The fraction of sp³-hybridized carbons (Fsp3) is 0.833. The lowest BCUT2D eigenvalue weighted by molar-refractivity contribution is -0.144. The van der Waals surface area contributed by atoms with Gasteiger partial charge in [0.1, 0.15) is 0 Å². The Morgan fingerprint density at radius 2 is 1.90 bits per heavy atom. The highest BCUT2D eigenvalue weighted by Gasteiger charge is 2.31. The van der Waals surface area contributed by atoms with E-state index in [0.29, 0.717) is 12.8 Å². The minimum Gasteiger partial charge on any atom is -0.481 e. The topological polar surface area (TPSA) is 122 Å². The van der Waals surface area contributed by atoms with E-state index in [4.69, 9.17) is 5.11 Å². The SMILES string of the molecule is CC(C)OC(=O)NS(=O)(=O)NCC1CCCCC1C(=O)O. The molecular weight excluding hydrogens is 300 g/mol. The van der Waals surface area contributed by atoms with Crippen LogP contribution in [0.1, 0.15) is 39.5 Å². The first kappa shape index (κ1) is 17.7. The lowest BCUT2D eigenvalue weighted by Gasteiger charge is -2.28. The van der Waals surface area contributed by atoms with Gasteiger partial charge < -0.3 is 9.84 Å². The molecule has 8 nitrogen and oxygen atoms in total. The van der Waals surface area contributed by atoms with Crippen molar-refractivity contribution in [1.29, 1.82) is 0 Å². The molecule has 1 aliphatic carbocycles. The molecule has 1 rings (SSSR count). The Morgan fingerprint density at radius 3 is 2.48 bits per heavy atom. The van der Waals surface area contributed by atoms with Crippen LogP contribution in [0.2, 0.25) is 0 Å². The molecule has 0 aliphatic heterocycles. The molecule has 0 bridgehead atoms. The van der Waals surface area contributed by atoms with Crippen LogP contribution in [0.5, 0.6) is 0 Å². The predicted octanol–water partition coefficient (Wildman–Crippen LogP) is 0.846. The van der Waals surface area contributed by atoms with Gasteiger partial charge in [0.25, 0.3) is 0 Å². The predicted molar refractivity (Wildman–Crippen MR) is 74.8 cm³/mol. The fourth-order valence-electron chi connectivity index (χ4n) is 2.38. The number of carboxylic acids is 1. The largest absolute Gasteiger partial charge is 0.481 e. The van der Waals surface area contributed by atoms with Crippen LogP contribution in [-0.4, -0.2) is 38.2 Å². The van der Waals surface area contributed by atoms with Crippen molar-refractivity contribution in [2.75, 3.05) is 6.54 Å². The Balaban J connectivity index is 2.51. The second kappa shape index (κ2) is 7.60. The zero-order valence-electron chi connectivity index (χ0n) is 12.2. The molecule has 0 spiro atoms. The fourth-order valence-corrected chi connectivity index (χ4v) is 3.15. The van der Waals surface area contributed by atoms with Gasteiger partial charge in [0.05, 0.1) is 12.0 Å². The Hall–Kier alpha value is -1.35. The van der Waals surface area contributed by atoms with Crippen molar-refractivity contribution in [1.82, 2.24) is 9.44 Å². The zero-order chi connectivity index (χ0) is 16.0. The standard InChI is InChI=1S/C12H22N2O6S/c1-8(2)20-12(17)14-21(18,19)13-7-9-5-3-4-6-10(9)11(15)16/h8-10,13H,3-7H2,1-2H3,(H,14,17)(H,15,16). The Kier molecular flexibility index (Phi) is 6.41. The third kappa shape index (κ3) is 6.30. The van der Waals surface area contributed by atoms with Gasteiger partial charge in [-0.1, -0.05) is 12.8 Å². The minimum atomic E-state index is -4.04. The van der Waals surface area contributed by atoms with Crippen molar-refractivity contribution in [3.63, 3.8) is 0 Å². The number of nitrogens with one attached hydrogen (secondary N) is 2. The number of rotatable bonds is 6. The van der Waals surface area contributed by atoms with Crippen LogP contribution in [0.25, 0.3) is 0 Å². The summed E-state index contributed by atoms with van der Waals surface area (Å²) in [4.78, 5) is 22.4. The van der Waals surface area contributed by atoms with Gasteiger partial charge in [-0.25, -0.2) is 9.52 Å². The second-order valence-electron chi connectivity index (χ2n) is 5.40. The number of amides is 1. The molecule has 122 valence electrons. The molecule has 1 amide bonds. The molecule has 0 heterocycles. The van der Waals surface area contributed by atoms with E-state index in [0.717, 1.165) is 12.8 Å². The molecule has 0 radical (unpaired) electrons. The number of hydrogen-bond acceptors (Lipinski definition) is 5. The number of aliphatic carboxylic acids is 1. The van der Waals surface area contributed by atoms with Gasteiger partial charge >= 0.3 is 22.3 Å². The zero-order valence-corrected chi connectivity index (χ0v) is 13.0. The average Bonchev–Trinajstić information content (AvgIpc) is 2.35. The van der Waals surface area contributed by atoms with Crippen LogP contribution in [0, 0.1) is 11.8 Å². The van der Waals surface area contributed by atoms with Crippen LogP contribution in [0.3, 0.4) is 0 Å². The molecule has 9 heteroatoms. The van der Waals surface area contributed by atoms with Crippen molar-refractivity contribution in [2.45, 2.75) is 45.6 Å². The van der Waals surface area contributed by atoms with Crippen molar-refractivity contribution in [3.05, 3.63) is 0 Å². The molecule has 2 unspecified atom stereocenters. The summed E-state index contributed by atoms with van der Waals surface area (Å²) in [5.41, 5.74) is 0. The highest BCUT2D eigenvalue weighted by molar-refractivity contribution is 7.88. The summed E-state index contributed by atoms with van der Waals surface area (Å²) in [6.07, 6.45) is 1.41. The summed E-state index contributed by atoms with van der Waals surface area (Å²) in [7, 11) is -4.04. The van der Waals surface area contributed by atoms with E-state index in [1.807, 2.05) is 0 Å². The maximum absolute atomic E-state index is 11.7. The first-order chi connectivity index (χ1) is 9.71. The Morgan fingerprint density at radius 1 is 1.29 bits per heavy atom. The molecular formula is C12H22N2O6S. The lowest BCUT2D eigenvalue weighted by atomic mass is 9.79. The quantitative estimate of drug-likeness (QED) is 0.666. The first-order valence-electron chi connectivity index (χ1n) is 6.92. The summed E-state index contributed by atoms with van der Waals surface area (Å²) >= 11 is 0. The van der Waals surface area contributed by atoms with Gasteiger partial charge in [0.2, 0.25) is 0 Å². The lowest BCUT2D eigenvalue weighted by Crippen LogP contribution is -2.44. The third-order valence-corrected chi connectivity index (χ3v) is 4.30. The highest BCUT2D eigenvalue weighted by atomic mass is 32.2. The normalized spacial score (nSPS) is 22.8. The maximum Gasteiger partial charge on any atom is 0.422 e. The number of carboxylic acid groups (broad SMARTS) is 1. The Labute approximate surface area is 124 Å². The molecule has 0 aromatic heterocycles. The summed E-state index contributed by atoms with van der Waals surface area (Å²) in [5, 5.41) is 9.12. The van der Waals surface area contributed by atoms with Crippen LogP contribution < -0.4 is 9.44 Å². The van der Waals surface area contributed by atoms with Crippen LogP contribution in [0.4, 0.5) is 4.79 Å². The van der Waals surface area contributed by atoms with E-state index >= 15 is 0 Å². The van der Waals surface area contributed by atoms with Crippen LogP contribution in [-0.2, 0) is 19.7 Å². The first-order valence-corrected chi connectivity index (χ1v) is 8.40. The summed E-state index contributed by atoms with van der Waals surface area (Å²) < 4.78 is 32.0. The van der Waals surface area contributed by atoms with E-state index in [9.17, 15) is 18.0 Å². The Bertz CT molecular complexity index is 476. The summed E-state index contributed by atoms with van der Waals surface area (Å²) in [6.45, 7) is 3.18. The van der Waals surface area contributed by atoms with Gasteiger partial charge in [0, 0.05) is 6.54 Å². The number of carbonyl (C=O) groups is 2. The molecule has 1 saturated carbocycles. The average molecular weight is 322 g/mol. The number of hydrogen-bond donors (Lipinski definition) is 3. The molecule has 3 N–H and O–H groups in total. The molecule has 0 aromatic rings. The molecule has 1 aliphatic rings. The van der Waals surface area contributed by atoms with Crippen molar-refractivity contribution in [2.24, 2.45) is 11.8 Å². The van der Waals surface area contributed by atoms with E-state index in [2.05, 4.69) is 9.46 Å². The van der Waals surface area contributed by atoms with Gasteiger partial charge in [-0.15, -0.1) is 0 Å². The molecule has 0 aromatic carbocycles. The minimum absolute atomic E-state index is 0.0126. The van der Waals surface area contributed by atoms with Gasteiger partial charge in [-0.2, -0.15) is 13.1 Å². The molecule has 21 heavy (non-hydrogen) atoms. The molecule has 1 fully saturated rings. The van der Waals surface area contributed by atoms with Crippen molar-refractivity contribution >= 4 is 22.3 Å². The van der Waals surface area contributed by atoms with E-state index in [-0.39, 0.29) is 12.5 Å². The molecule has 2 atom stereocenters. The summed E-state index contributed by atoms with van der Waals surface area (Å²) in [6, 6.07) is 0. The van der Waals surface area contributed by atoms with Crippen LogP contribution in [0.15, 0.2) is 0 Å². The second-order valence-corrected chi connectivity index (χ2v) is 6.90. The van der Waals surface area contributed by atoms with Crippen molar-refractivity contribution in [3.8, 4) is 0 Å². The van der Waals surface area contributed by atoms with E-state index in [1.54, 1.807) is 18.6 Å². The van der Waals surface area contributed by atoms with Crippen LogP contribution >= 0.6 is 0 Å². The van der Waals surface area contributed by atoms with Gasteiger partial charge in [-0.3, -0.25) is 4.79 Å². The van der Waals surface area contributed by atoms with E-state index in [1.165, 1.54) is 0 Å². The van der Waals surface area contributed by atoms with E-state index < -0.39 is 34.3 Å². The molecule has 0 saturated heterocycles. The van der Waals surface area contributed by atoms with Gasteiger partial charge in [-0.05, 0) is 32.6 Å². The smallest absolute Gasteiger partial charge is 0.422 e. The summed E-state index contributed by atoms with van der Waals surface area (Å²) in [5.74, 6) is -1.73. The third-order valence-electron chi connectivity index (χ3n) is 3.32. The number of ether oxygens (including phenoxy) is 1. The van der Waals surface area contributed by atoms with Crippen molar-refractivity contribution < 1.29 is 27.9 Å². The van der Waals surface area contributed by atoms with Gasteiger partial charge in [0.15, 0.2) is 0 Å². The highest BCUT2D eigenvalue weighted by Crippen LogP contribution is 2.29. The maximum atomic E-state index is 11.7. The monoisotopic (exact) mass is 322 g/mol.